The van der Waals surface area contributed by atoms with E-state index in [9.17, 15) is 14.7 Å². The summed E-state index contributed by atoms with van der Waals surface area (Å²) in [5.41, 5.74) is 0.247. The van der Waals surface area contributed by atoms with Crippen LogP contribution < -0.4 is 0 Å². The van der Waals surface area contributed by atoms with Gasteiger partial charge in [-0.15, -0.1) is 0 Å². The van der Waals surface area contributed by atoms with Crippen LogP contribution in [0.3, 0.4) is 0 Å². The van der Waals surface area contributed by atoms with Crippen LogP contribution in [0.1, 0.15) is 155 Å². The second-order valence-electron chi connectivity index (χ2n) is 11.0. The Morgan fingerprint density at radius 2 is 0.763 bits per heavy atom. The van der Waals surface area contributed by atoms with E-state index in [-0.39, 0.29) is 17.6 Å². The lowest BCUT2D eigenvalue weighted by atomic mass is 10.0. The molecule has 0 unspecified atom stereocenters. The quantitative estimate of drug-likeness (QED) is 0.0472. The van der Waals surface area contributed by atoms with Gasteiger partial charge in [0.1, 0.15) is 0 Å². The maximum Gasteiger partial charge on any atom is 0.373 e. The summed E-state index contributed by atoms with van der Waals surface area (Å²) in [6.07, 6.45) is 25.8. The van der Waals surface area contributed by atoms with Gasteiger partial charge in [-0.25, -0.2) is 9.59 Å². The number of carbonyl (C=O) groups excluding carboxylic acids is 2. The molecule has 0 aliphatic rings. The molecule has 0 aliphatic carbocycles. The minimum atomic E-state index is -2.28. The molecular formula is C32H58O6. The molecule has 0 saturated carbocycles. The van der Waals surface area contributed by atoms with Gasteiger partial charge in [0.25, 0.3) is 0 Å². The zero-order valence-electron chi connectivity index (χ0n) is 24.7. The van der Waals surface area contributed by atoms with Gasteiger partial charge in [0, 0.05) is 17.8 Å². The van der Waals surface area contributed by atoms with Crippen molar-refractivity contribution in [2.75, 3.05) is 6.61 Å². The Hall–Kier alpha value is -1.66. The van der Waals surface area contributed by atoms with E-state index in [2.05, 4.69) is 13.2 Å². The van der Waals surface area contributed by atoms with E-state index in [0.717, 1.165) is 25.7 Å². The minimum absolute atomic E-state index is 0.0250. The van der Waals surface area contributed by atoms with Crippen molar-refractivity contribution in [1.29, 1.82) is 0 Å². The minimum Gasteiger partial charge on any atom is -0.396 e. The molecule has 0 saturated heterocycles. The van der Waals surface area contributed by atoms with Crippen LogP contribution in [0.25, 0.3) is 0 Å². The highest BCUT2D eigenvalue weighted by molar-refractivity contribution is 5.88. The molecule has 2 N–H and O–H groups in total. The lowest BCUT2D eigenvalue weighted by Crippen LogP contribution is -2.40. The average molecular weight is 539 g/mol. The normalized spacial score (nSPS) is 11.4. The number of esters is 2. The third-order valence-corrected chi connectivity index (χ3v) is 6.85. The third kappa shape index (κ3) is 22.3. The van der Waals surface area contributed by atoms with Gasteiger partial charge in [0.2, 0.25) is 0 Å². The zero-order valence-corrected chi connectivity index (χ0v) is 24.7. The van der Waals surface area contributed by atoms with Gasteiger partial charge in [-0.05, 0) is 26.7 Å². The molecular weight excluding hydrogens is 480 g/mol. The first-order valence-electron chi connectivity index (χ1n) is 15.3. The SMILES string of the molecule is C=C(C)C(=O)OC(O)(CCCCCCCCCCCCCCCCCCCCCCCO)OC(=O)C(=C)C. The standard InChI is InChI=1S/C32H58O6/c1-28(2)30(34)37-32(36,38-31(35)29(3)4)26-24-22-20-18-16-14-12-10-8-6-5-7-9-11-13-15-17-19-21-23-25-27-33/h33,36H,1,3,5-27H2,2,4H3. The summed E-state index contributed by atoms with van der Waals surface area (Å²) in [6.45, 7) is 10.3. The number of hydrogen-bond acceptors (Lipinski definition) is 6. The fraction of sp³-hybridized carbons (Fsp3) is 0.812. The molecule has 0 aromatic heterocycles. The van der Waals surface area contributed by atoms with Crippen LogP contribution in [-0.4, -0.2) is 34.7 Å². The second kappa shape index (κ2) is 24.4. The summed E-state index contributed by atoms with van der Waals surface area (Å²) in [6, 6.07) is 0. The van der Waals surface area contributed by atoms with Gasteiger partial charge >= 0.3 is 17.9 Å². The molecule has 0 heterocycles. The average Bonchev–Trinajstić information content (AvgIpc) is 2.86. The van der Waals surface area contributed by atoms with Gasteiger partial charge in [-0.3, -0.25) is 0 Å². The zero-order chi connectivity index (χ0) is 28.5. The van der Waals surface area contributed by atoms with Crippen molar-refractivity contribution in [2.45, 2.75) is 161 Å². The third-order valence-electron chi connectivity index (χ3n) is 6.85. The Labute approximate surface area is 233 Å². The summed E-state index contributed by atoms with van der Waals surface area (Å²) < 4.78 is 9.99. The molecule has 0 atom stereocenters. The summed E-state index contributed by atoms with van der Waals surface area (Å²) >= 11 is 0. The molecule has 222 valence electrons. The van der Waals surface area contributed by atoms with Crippen LogP contribution in [0.15, 0.2) is 24.3 Å². The van der Waals surface area contributed by atoms with Crippen molar-refractivity contribution in [2.24, 2.45) is 0 Å². The first-order valence-corrected chi connectivity index (χ1v) is 15.3. The molecule has 0 aromatic carbocycles. The molecule has 6 nitrogen and oxygen atoms in total. The van der Waals surface area contributed by atoms with E-state index in [0.29, 0.717) is 13.0 Å². The van der Waals surface area contributed by atoms with Crippen LogP contribution in [0, 0.1) is 0 Å². The number of unbranched alkanes of at least 4 members (excludes halogenated alkanes) is 20. The Kier molecular flexibility index (Phi) is 23.3. The van der Waals surface area contributed by atoms with Crippen LogP contribution in [-0.2, 0) is 19.1 Å². The predicted molar refractivity (Wildman–Crippen MR) is 155 cm³/mol. The summed E-state index contributed by atoms with van der Waals surface area (Å²) in [4.78, 5) is 23.7. The van der Waals surface area contributed by atoms with Crippen molar-refractivity contribution >= 4 is 11.9 Å². The number of rotatable bonds is 27. The van der Waals surface area contributed by atoms with Crippen LogP contribution in [0.5, 0.6) is 0 Å². The second-order valence-corrected chi connectivity index (χ2v) is 11.0. The van der Waals surface area contributed by atoms with Crippen LogP contribution >= 0.6 is 0 Å². The first-order chi connectivity index (χ1) is 18.2. The number of aliphatic hydroxyl groups is 2. The van der Waals surface area contributed by atoms with E-state index in [1.54, 1.807) is 0 Å². The van der Waals surface area contributed by atoms with Gasteiger partial charge in [0.15, 0.2) is 0 Å². The monoisotopic (exact) mass is 538 g/mol. The van der Waals surface area contributed by atoms with Crippen molar-refractivity contribution in [3.63, 3.8) is 0 Å². The lowest BCUT2D eigenvalue weighted by molar-refractivity contribution is -0.325. The van der Waals surface area contributed by atoms with Gasteiger partial charge < -0.3 is 19.7 Å². The van der Waals surface area contributed by atoms with Gasteiger partial charge in [0.05, 0.1) is 6.42 Å². The molecule has 0 aromatic rings. The molecule has 0 rings (SSSR count). The van der Waals surface area contributed by atoms with E-state index in [1.807, 2.05) is 0 Å². The number of ether oxygens (including phenoxy) is 2. The fourth-order valence-corrected chi connectivity index (χ4v) is 4.41. The summed E-state index contributed by atoms with van der Waals surface area (Å²) in [7, 11) is 0. The van der Waals surface area contributed by atoms with E-state index in [4.69, 9.17) is 14.6 Å². The molecule has 0 bridgehead atoms. The highest BCUT2D eigenvalue weighted by Gasteiger charge is 2.36. The van der Waals surface area contributed by atoms with E-state index >= 15 is 0 Å². The van der Waals surface area contributed by atoms with Crippen molar-refractivity contribution in [1.82, 2.24) is 0 Å². The van der Waals surface area contributed by atoms with E-state index < -0.39 is 17.9 Å². The molecule has 0 fully saturated rings. The summed E-state index contributed by atoms with van der Waals surface area (Å²) in [5, 5.41) is 19.3. The Morgan fingerprint density at radius 1 is 0.526 bits per heavy atom. The lowest BCUT2D eigenvalue weighted by Gasteiger charge is -2.27. The highest BCUT2D eigenvalue weighted by Crippen LogP contribution is 2.22. The van der Waals surface area contributed by atoms with Crippen molar-refractivity contribution < 1.29 is 29.3 Å². The molecule has 6 heteroatoms. The van der Waals surface area contributed by atoms with Crippen molar-refractivity contribution in [3.8, 4) is 0 Å². The summed E-state index contributed by atoms with van der Waals surface area (Å²) in [5.74, 6) is -3.88. The molecule has 38 heavy (non-hydrogen) atoms. The molecule has 0 radical (unpaired) electrons. The maximum atomic E-state index is 11.8. The Bertz CT molecular complexity index is 614. The topological polar surface area (TPSA) is 93.1 Å². The fourth-order valence-electron chi connectivity index (χ4n) is 4.41. The number of carbonyl (C=O) groups is 2. The molecule has 0 amide bonds. The maximum absolute atomic E-state index is 11.8. The largest absolute Gasteiger partial charge is 0.396 e. The smallest absolute Gasteiger partial charge is 0.373 e. The predicted octanol–water partition coefficient (Wildman–Crippen LogP) is 8.45. The van der Waals surface area contributed by atoms with Crippen molar-refractivity contribution in [3.05, 3.63) is 24.3 Å². The van der Waals surface area contributed by atoms with Crippen LogP contribution in [0.2, 0.25) is 0 Å². The van der Waals surface area contributed by atoms with Gasteiger partial charge in [-0.2, -0.15) is 0 Å². The molecule has 0 aliphatic heterocycles. The molecule has 0 spiro atoms. The van der Waals surface area contributed by atoms with Crippen LogP contribution in [0.4, 0.5) is 0 Å². The number of aliphatic hydroxyl groups excluding tert-OH is 1. The van der Waals surface area contributed by atoms with Gasteiger partial charge in [-0.1, -0.05) is 135 Å². The highest BCUT2D eigenvalue weighted by atomic mass is 16.8. The Morgan fingerprint density at radius 3 is 1.00 bits per heavy atom. The first kappa shape index (κ1) is 36.3. The Balaban J connectivity index is 3.62. The van der Waals surface area contributed by atoms with E-state index in [1.165, 1.54) is 117 Å². The number of hydrogen-bond donors (Lipinski definition) is 2.